The van der Waals surface area contributed by atoms with E-state index in [4.69, 9.17) is 11.5 Å². The average Bonchev–Trinajstić information content (AvgIpc) is 2.94. The molecule has 41 heavy (non-hydrogen) atoms. The van der Waals surface area contributed by atoms with Gasteiger partial charge in [-0.3, -0.25) is 14.7 Å². The summed E-state index contributed by atoms with van der Waals surface area (Å²) in [5.74, 6) is 0.0125. The van der Waals surface area contributed by atoms with Gasteiger partial charge in [0.1, 0.15) is 6.17 Å². The van der Waals surface area contributed by atoms with Gasteiger partial charge < -0.3 is 31.9 Å². The van der Waals surface area contributed by atoms with Crippen molar-refractivity contribution in [3.05, 3.63) is 46.3 Å². The number of hydrogen-bond acceptors (Lipinski definition) is 8. The summed E-state index contributed by atoms with van der Waals surface area (Å²) < 4.78 is 28.7. The molecule has 4 heterocycles. The van der Waals surface area contributed by atoms with E-state index in [0.29, 0.717) is 49.3 Å². The van der Waals surface area contributed by atoms with Crippen LogP contribution >= 0.6 is 0 Å². The third-order valence-electron chi connectivity index (χ3n) is 9.10. The summed E-state index contributed by atoms with van der Waals surface area (Å²) in [4.78, 5) is 22.8. The molecule has 224 valence electrons. The van der Waals surface area contributed by atoms with Gasteiger partial charge in [0.15, 0.2) is 0 Å². The predicted octanol–water partition coefficient (Wildman–Crippen LogP) is 2.19. The van der Waals surface area contributed by atoms with Gasteiger partial charge in [0.2, 0.25) is 5.91 Å². The lowest BCUT2D eigenvalue weighted by atomic mass is 9.91. The number of nitrogens with one attached hydrogen (secondary N) is 2. The fourth-order valence-corrected chi connectivity index (χ4v) is 6.61. The van der Waals surface area contributed by atoms with E-state index in [1.165, 1.54) is 12.4 Å². The zero-order valence-electron chi connectivity index (χ0n) is 24.2. The quantitative estimate of drug-likeness (QED) is 0.354. The van der Waals surface area contributed by atoms with E-state index in [-0.39, 0.29) is 11.5 Å². The van der Waals surface area contributed by atoms with E-state index < -0.39 is 12.6 Å². The van der Waals surface area contributed by atoms with Gasteiger partial charge in [0.25, 0.3) is 6.43 Å². The van der Waals surface area contributed by atoms with Crippen LogP contribution in [0.5, 0.6) is 0 Å². The second-order valence-corrected chi connectivity index (χ2v) is 11.6. The molecular formula is C30H44F2N8O. The van der Waals surface area contributed by atoms with E-state index in [9.17, 15) is 13.6 Å². The first kappa shape index (κ1) is 29.5. The van der Waals surface area contributed by atoms with Crippen LogP contribution in [0.15, 0.2) is 34.6 Å². The number of amides is 1. The molecule has 4 aliphatic heterocycles. The summed E-state index contributed by atoms with van der Waals surface area (Å²) in [6.45, 7) is 7.60. The number of nitrogens with zero attached hydrogens (tertiary/aromatic N) is 4. The summed E-state index contributed by atoms with van der Waals surface area (Å²) in [6, 6.07) is 4.40. The molecule has 0 saturated carbocycles. The number of fused-ring (bicyclic) bond motifs is 1. The maximum Gasteiger partial charge on any atom is 0.264 e. The van der Waals surface area contributed by atoms with Gasteiger partial charge in [-0.25, -0.2) is 8.78 Å². The molecule has 1 aromatic carbocycles. The number of aliphatic imine (C=N–C) groups is 1. The van der Waals surface area contributed by atoms with Crippen LogP contribution in [0, 0.1) is 0 Å². The minimum atomic E-state index is -2.68. The molecule has 1 aromatic rings. The molecule has 1 amide bonds. The Bertz CT molecular complexity index is 1200. The number of piperidine rings is 1. The van der Waals surface area contributed by atoms with Crippen molar-refractivity contribution >= 4 is 23.4 Å². The van der Waals surface area contributed by atoms with Crippen LogP contribution < -0.4 is 27.0 Å². The van der Waals surface area contributed by atoms with E-state index in [0.717, 1.165) is 74.4 Å². The third-order valence-corrected chi connectivity index (χ3v) is 9.10. The number of benzene rings is 1. The molecule has 0 aliphatic carbocycles. The predicted molar refractivity (Wildman–Crippen MR) is 160 cm³/mol. The van der Waals surface area contributed by atoms with Crippen molar-refractivity contribution in [3.63, 3.8) is 0 Å². The first-order chi connectivity index (χ1) is 19.8. The molecule has 1 unspecified atom stereocenters. The Balaban J connectivity index is 1.43. The molecule has 2 saturated heterocycles. The Morgan fingerprint density at radius 3 is 2.54 bits per heavy atom. The number of aryl methyl sites for hydroxylation is 1. The van der Waals surface area contributed by atoms with Crippen molar-refractivity contribution < 1.29 is 13.6 Å². The topological polar surface area (TPSA) is 115 Å². The maximum atomic E-state index is 14.4. The Hall–Kier alpha value is -3.02. The molecule has 2 fully saturated rings. The van der Waals surface area contributed by atoms with Crippen molar-refractivity contribution in [1.29, 1.82) is 0 Å². The van der Waals surface area contributed by atoms with Crippen molar-refractivity contribution in [2.24, 2.45) is 16.5 Å². The van der Waals surface area contributed by atoms with Crippen molar-refractivity contribution in [2.75, 3.05) is 57.8 Å². The Morgan fingerprint density at radius 1 is 1.17 bits per heavy atom. The van der Waals surface area contributed by atoms with Crippen LogP contribution in [0.2, 0.25) is 0 Å². The highest BCUT2D eigenvalue weighted by atomic mass is 19.3. The molecule has 0 bridgehead atoms. The highest BCUT2D eigenvalue weighted by Crippen LogP contribution is 2.38. The SMILES string of the molecule is CN=C/C(=C\N)c1cc2c(cc1C(F)F)N(C(N)C1=C(NC3CCN(C4CNC4)CC3)CCN(C(C)=O)C1)CCC2. The van der Waals surface area contributed by atoms with E-state index in [1.54, 1.807) is 20.0 Å². The van der Waals surface area contributed by atoms with E-state index in [1.807, 2.05) is 15.9 Å². The molecule has 1 atom stereocenters. The third kappa shape index (κ3) is 6.27. The fourth-order valence-electron chi connectivity index (χ4n) is 6.61. The first-order valence-electron chi connectivity index (χ1n) is 14.8. The smallest absolute Gasteiger partial charge is 0.264 e. The van der Waals surface area contributed by atoms with Crippen molar-refractivity contribution in [2.45, 2.75) is 63.7 Å². The lowest BCUT2D eigenvalue weighted by Crippen LogP contribution is -2.60. The number of rotatable bonds is 8. The first-order valence-corrected chi connectivity index (χ1v) is 14.8. The maximum absolute atomic E-state index is 14.4. The van der Waals surface area contributed by atoms with Gasteiger partial charge >= 0.3 is 0 Å². The van der Waals surface area contributed by atoms with Crippen LogP contribution in [0.3, 0.4) is 0 Å². The highest BCUT2D eigenvalue weighted by molar-refractivity contribution is 6.10. The molecule has 0 spiro atoms. The molecule has 0 aromatic heterocycles. The monoisotopic (exact) mass is 570 g/mol. The van der Waals surface area contributed by atoms with Crippen molar-refractivity contribution in [1.82, 2.24) is 20.4 Å². The van der Waals surface area contributed by atoms with Gasteiger partial charge in [-0.1, -0.05) is 0 Å². The fraction of sp³-hybridized carbons (Fsp3) is 0.600. The number of alkyl halides is 2. The average molecular weight is 571 g/mol. The van der Waals surface area contributed by atoms with Gasteiger partial charge in [-0.15, -0.1) is 0 Å². The normalized spacial score (nSPS) is 22.3. The Kier molecular flexibility index (Phi) is 9.25. The zero-order valence-corrected chi connectivity index (χ0v) is 24.2. The van der Waals surface area contributed by atoms with Crippen LogP contribution in [-0.4, -0.2) is 93.0 Å². The summed E-state index contributed by atoms with van der Waals surface area (Å²) >= 11 is 0. The summed E-state index contributed by atoms with van der Waals surface area (Å²) in [6.07, 6.45) is 4.03. The summed E-state index contributed by atoms with van der Waals surface area (Å²) in [5.41, 5.74) is 17.3. The molecule has 4 aliphatic rings. The minimum absolute atomic E-state index is 0.0125. The van der Waals surface area contributed by atoms with Gasteiger partial charge in [-0.05, 0) is 48.9 Å². The number of allylic oxidation sites excluding steroid dienone is 1. The van der Waals surface area contributed by atoms with Crippen LogP contribution in [-0.2, 0) is 11.2 Å². The van der Waals surface area contributed by atoms with Crippen LogP contribution in [0.25, 0.3) is 5.57 Å². The van der Waals surface area contributed by atoms with Gasteiger partial charge in [0, 0.05) is 119 Å². The number of nitrogens with two attached hydrogens (primary N) is 2. The molecule has 6 N–H and O–H groups in total. The number of carbonyl (C=O) groups excluding carboxylic acids is 1. The number of likely N-dealkylation sites (tertiary alicyclic amines) is 1. The Labute approximate surface area is 241 Å². The number of halogens is 2. The molecule has 0 radical (unpaired) electrons. The van der Waals surface area contributed by atoms with E-state index >= 15 is 0 Å². The van der Waals surface area contributed by atoms with Gasteiger partial charge in [-0.2, -0.15) is 0 Å². The minimum Gasteiger partial charge on any atom is -0.404 e. The number of hydrogen-bond donors (Lipinski definition) is 4. The summed E-state index contributed by atoms with van der Waals surface area (Å²) in [7, 11) is 1.59. The van der Waals surface area contributed by atoms with Crippen LogP contribution in [0.4, 0.5) is 14.5 Å². The molecule has 9 nitrogen and oxygen atoms in total. The lowest BCUT2D eigenvalue weighted by Gasteiger charge is -2.44. The summed E-state index contributed by atoms with van der Waals surface area (Å²) in [5, 5.41) is 7.18. The second-order valence-electron chi connectivity index (χ2n) is 11.6. The Morgan fingerprint density at radius 2 is 1.93 bits per heavy atom. The van der Waals surface area contributed by atoms with Crippen LogP contribution in [0.1, 0.15) is 55.7 Å². The largest absolute Gasteiger partial charge is 0.404 e. The highest BCUT2D eigenvalue weighted by Gasteiger charge is 2.34. The lowest BCUT2D eigenvalue weighted by molar-refractivity contribution is -0.128. The number of carbonyl (C=O) groups is 1. The zero-order chi connectivity index (χ0) is 29.1. The molecule has 11 heteroatoms. The second kappa shape index (κ2) is 12.9. The van der Waals surface area contributed by atoms with Crippen molar-refractivity contribution in [3.8, 4) is 0 Å². The molecule has 5 rings (SSSR count). The van der Waals surface area contributed by atoms with E-state index in [2.05, 4.69) is 20.5 Å². The van der Waals surface area contributed by atoms with Gasteiger partial charge in [0.05, 0.1) is 0 Å². The standard InChI is InChI=1S/C30H44F2N8O/c1-19(41)39-11-7-27(37-22-5-9-38(10-6-22)23-16-36-17-23)26(18-39)30(34)40-8-3-4-20-12-24(21(14-33)15-35-2)25(29(31)32)13-28(20)40/h12-15,22-23,29-30,36-37H,3-11,16-18,33-34H2,1-2H3/b21-14+,35-15?. The molecular weight excluding hydrogens is 526 g/mol. The number of anilines is 1.